The van der Waals surface area contributed by atoms with Crippen molar-refractivity contribution in [2.75, 3.05) is 18.2 Å². The molecule has 0 aliphatic rings. The lowest BCUT2D eigenvalue weighted by Crippen LogP contribution is -2.13. The minimum Gasteiger partial charge on any atom is -0.497 e. The van der Waals surface area contributed by atoms with Gasteiger partial charge in [-0.3, -0.25) is 4.79 Å². The van der Waals surface area contributed by atoms with E-state index in [1.807, 2.05) is 72.2 Å². The second kappa shape index (κ2) is 9.21. The Morgan fingerprint density at radius 1 is 1.00 bits per heavy atom. The molecule has 0 aliphatic heterocycles. The van der Waals surface area contributed by atoms with E-state index in [9.17, 15) is 4.79 Å². The van der Waals surface area contributed by atoms with Gasteiger partial charge < -0.3 is 15.8 Å². The normalized spacial score (nSPS) is 10.7. The fourth-order valence-electron chi connectivity index (χ4n) is 3.50. The summed E-state index contributed by atoms with van der Waals surface area (Å²) in [7, 11) is 1.63. The summed E-state index contributed by atoms with van der Waals surface area (Å²) in [6.45, 7) is 0. The molecule has 5 rings (SSSR count). The van der Waals surface area contributed by atoms with E-state index in [1.54, 1.807) is 41.3 Å². The van der Waals surface area contributed by atoms with Crippen molar-refractivity contribution in [2.24, 2.45) is 0 Å². The molecule has 5 aromatic rings. The SMILES string of the molecule is COc1ccc(-n2cc(-c3ccc(C(=O)Nc4cc(-c5cccs5)ccc4N)cc3)nn2)cc1. The minimum atomic E-state index is -0.233. The number of aromatic nitrogens is 3. The summed E-state index contributed by atoms with van der Waals surface area (Å²) in [6.07, 6.45) is 1.84. The number of methoxy groups -OCH3 is 1. The van der Waals surface area contributed by atoms with Gasteiger partial charge in [-0.15, -0.1) is 16.4 Å². The fraction of sp³-hybridized carbons (Fsp3) is 0.0385. The van der Waals surface area contributed by atoms with Gasteiger partial charge in [0.15, 0.2) is 0 Å². The quantitative estimate of drug-likeness (QED) is 0.321. The predicted octanol–water partition coefficient (Wildman–Crippen LogP) is 5.51. The van der Waals surface area contributed by atoms with Crippen LogP contribution in [0.5, 0.6) is 5.75 Å². The first kappa shape index (κ1) is 21.4. The van der Waals surface area contributed by atoms with Crippen molar-refractivity contribution >= 4 is 28.6 Å². The molecule has 0 aliphatic carbocycles. The zero-order chi connectivity index (χ0) is 23.5. The second-order valence-electron chi connectivity index (χ2n) is 7.56. The number of thiophene rings is 1. The van der Waals surface area contributed by atoms with E-state index in [4.69, 9.17) is 10.5 Å². The van der Waals surface area contributed by atoms with Crippen LogP contribution in [-0.2, 0) is 0 Å². The number of nitrogen functional groups attached to an aromatic ring is 1. The summed E-state index contributed by atoms with van der Waals surface area (Å²) < 4.78 is 6.89. The molecule has 0 saturated heterocycles. The van der Waals surface area contributed by atoms with Gasteiger partial charge in [0.2, 0.25) is 0 Å². The van der Waals surface area contributed by atoms with Gasteiger partial charge in [-0.1, -0.05) is 29.5 Å². The molecule has 0 radical (unpaired) electrons. The zero-order valence-corrected chi connectivity index (χ0v) is 19.1. The van der Waals surface area contributed by atoms with Crippen molar-refractivity contribution < 1.29 is 9.53 Å². The summed E-state index contributed by atoms with van der Waals surface area (Å²) in [4.78, 5) is 14.0. The average molecular weight is 468 g/mol. The van der Waals surface area contributed by atoms with Crippen LogP contribution in [-0.4, -0.2) is 28.0 Å². The van der Waals surface area contributed by atoms with Gasteiger partial charge in [0, 0.05) is 16.0 Å². The predicted molar refractivity (Wildman–Crippen MR) is 135 cm³/mol. The average Bonchev–Trinajstić information content (AvgIpc) is 3.59. The van der Waals surface area contributed by atoms with E-state index < -0.39 is 0 Å². The second-order valence-corrected chi connectivity index (χ2v) is 8.50. The zero-order valence-electron chi connectivity index (χ0n) is 18.3. The topological polar surface area (TPSA) is 95.1 Å². The van der Waals surface area contributed by atoms with Crippen LogP contribution < -0.4 is 15.8 Å². The number of nitrogens with two attached hydrogens (primary N) is 1. The standard InChI is InChI=1S/C26H21N5O2S/c1-33-21-11-9-20(10-12-21)31-16-24(29-30-31)17-4-6-18(7-5-17)26(32)28-23-15-19(8-13-22(23)27)25-3-2-14-34-25/h2-16H,27H2,1H3,(H,28,32). The molecular weight excluding hydrogens is 446 g/mol. The Hall–Kier alpha value is -4.43. The van der Waals surface area contributed by atoms with Crippen LogP contribution in [0.4, 0.5) is 11.4 Å². The van der Waals surface area contributed by atoms with E-state index in [0.29, 0.717) is 22.6 Å². The molecular formula is C26H21N5O2S. The lowest BCUT2D eigenvalue weighted by atomic mass is 10.1. The molecule has 34 heavy (non-hydrogen) atoms. The molecule has 8 heteroatoms. The van der Waals surface area contributed by atoms with Crippen molar-refractivity contribution in [3.8, 4) is 33.1 Å². The van der Waals surface area contributed by atoms with Crippen LogP contribution in [0, 0.1) is 0 Å². The number of hydrogen-bond donors (Lipinski definition) is 2. The summed E-state index contributed by atoms with van der Waals surface area (Å²) in [6, 6.07) is 24.4. The monoisotopic (exact) mass is 467 g/mol. The van der Waals surface area contributed by atoms with E-state index >= 15 is 0 Å². The number of ether oxygens (including phenoxy) is 1. The van der Waals surface area contributed by atoms with Crippen molar-refractivity contribution in [1.29, 1.82) is 0 Å². The van der Waals surface area contributed by atoms with Gasteiger partial charge >= 0.3 is 0 Å². The van der Waals surface area contributed by atoms with Crippen LogP contribution in [0.25, 0.3) is 27.4 Å². The van der Waals surface area contributed by atoms with Crippen LogP contribution in [0.2, 0.25) is 0 Å². The molecule has 7 nitrogen and oxygen atoms in total. The Morgan fingerprint density at radius 3 is 2.47 bits per heavy atom. The number of anilines is 2. The van der Waals surface area contributed by atoms with E-state index in [2.05, 4.69) is 15.6 Å². The Morgan fingerprint density at radius 2 is 1.76 bits per heavy atom. The van der Waals surface area contributed by atoms with Gasteiger partial charge in [0.05, 0.1) is 30.4 Å². The summed E-state index contributed by atoms with van der Waals surface area (Å²) in [5.41, 5.74) is 11.2. The van der Waals surface area contributed by atoms with Crippen LogP contribution in [0.1, 0.15) is 10.4 Å². The van der Waals surface area contributed by atoms with Gasteiger partial charge in [0.25, 0.3) is 5.91 Å². The van der Waals surface area contributed by atoms with E-state index in [1.165, 1.54) is 0 Å². The highest BCUT2D eigenvalue weighted by Crippen LogP contribution is 2.30. The highest BCUT2D eigenvalue weighted by Gasteiger charge is 2.12. The van der Waals surface area contributed by atoms with Gasteiger partial charge in [-0.05, 0) is 65.5 Å². The smallest absolute Gasteiger partial charge is 0.255 e. The number of amides is 1. The summed E-state index contributed by atoms with van der Waals surface area (Å²) in [5, 5.41) is 13.4. The number of hydrogen-bond acceptors (Lipinski definition) is 6. The van der Waals surface area contributed by atoms with Crippen molar-refractivity contribution in [1.82, 2.24) is 15.0 Å². The molecule has 168 valence electrons. The summed E-state index contributed by atoms with van der Waals surface area (Å²) >= 11 is 1.64. The fourth-order valence-corrected chi connectivity index (χ4v) is 4.23. The Labute approximate surface area is 200 Å². The molecule has 0 atom stereocenters. The van der Waals surface area contributed by atoms with Gasteiger partial charge in [-0.25, -0.2) is 4.68 Å². The maximum Gasteiger partial charge on any atom is 0.255 e. The summed E-state index contributed by atoms with van der Waals surface area (Å²) in [5.74, 6) is 0.543. The highest BCUT2D eigenvalue weighted by atomic mass is 32.1. The first-order valence-corrected chi connectivity index (χ1v) is 11.4. The molecule has 0 fully saturated rings. The first-order valence-electron chi connectivity index (χ1n) is 10.5. The molecule has 1 amide bonds. The highest BCUT2D eigenvalue weighted by molar-refractivity contribution is 7.13. The number of nitrogens with zero attached hydrogens (tertiary/aromatic N) is 3. The maximum atomic E-state index is 12.8. The molecule has 0 unspecified atom stereocenters. The number of rotatable bonds is 6. The number of carbonyl (C=O) groups excluding carboxylic acids is 1. The van der Waals surface area contributed by atoms with Crippen LogP contribution >= 0.6 is 11.3 Å². The number of benzene rings is 3. The number of carbonyl (C=O) groups is 1. The molecule has 0 bridgehead atoms. The van der Waals surface area contributed by atoms with Crippen molar-refractivity contribution in [2.45, 2.75) is 0 Å². The van der Waals surface area contributed by atoms with E-state index in [-0.39, 0.29) is 5.91 Å². The van der Waals surface area contributed by atoms with Crippen LogP contribution in [0.3, 0.4) is 0 Å². The molecule has 2 aromatic heterocycles. The van der Waals surface area contributed by atoms with Gasteiger partial charge in [-0.2, -0.15) is 0 Å². The third-order valence-electron chi connectivity index (χ3n) is 5.38. The lowest BCUT2D eigenvalue weighted by molar-refractivity contribution is 0.102. The minimum absolute atomic E-state index is 0.233. The Bertz CT molecular complexity index is 1430. The third-order valence-corrected chi connectivity index (χ3v) is 6.30. The molecule has 3 N–H and O–H groups in total. The van der Waals surface area contributed by atoms with E-state index in [0.717, 1.165) is 27.4 Å². The molecule has 2 heterocycles. The van der Waals surface area contributed by atoms with Crippen molar-refractivity contribution in [3.05, 3.63) is 96.0 Å². The molecule has 3 aromatic carbocycles. The largest absolute Gasteiger partial charge is 0.497 e. The Balaban J connectivity index is 1.31. The van der Waals surface area contributed by atoms with Crippen LogP contribution in [0.15, 0.2) is 90.4 Å². The molecule has 0 spiro atoms. The third kappa shape index (κ3) is 4.39. The lowest BCUT2D eigenvalue weighted by Gasteiger charge is -2.10. The van der Waals surface area contributed by atoms with Crippen molar-refractivity contribution in [3.63, 3.8) is 0 Å². The maximum absolute atomic E-state index is 12.8. The molecule has 0 saturated carbocycles. The Kier molecular flexibility index (Phi) is 5.80. The number of nitrogens with one attached hydrogen (secondary N) is 1. The van der Waals surface area contributed by atoms with Gasteiger partial charge in [0.1, 0.15) is 11.4 Å². The first-order chi connectivity index (χ1) is 16.6.